The van der Waals surface area contributed by atoms with Crippen molar-refractivity contribution in [2.24, 2.45) is 5.73 Å². The Bertz CT molecular complexity index is 514. The van der Waals surface area contributed by atoms with Gasteiger partial charge in [-0.25, -0.2) is 0 Å². The van der Waals surface area contributed by atoms with E-state index in [0.717, 1.165) is 12.0 Å². The van der Waals surface area contributed by atoms with Gasteiger partial charge < -0.3 is 16.4 Å². The van der Waals surface area contributed by atoms with E-state index in [1.807, 2.05) is 13.8 Å². The van der Waals surface area contributed by atoms with E-state index in [1.165, 1.54) is 0 Å². The Morgan fingerprint density at radius 3 is 2.33 bits per heavy atom. The number of benzene rings is 1. The summed E-state index contributed by atoms with van der Waals surface area (Å²) in [5.41, 5.74) is 6.72. The summed E-state index contributed by atoms with van der Waals surface area (Å²) in [5, 5.41) is 5.55. The zero-order chi connectivity index (χ0) is 15.8. The molecule has 0 radical (unpaired) electrons. The molecule has 0 saturated carbocycles. The first-order valence-corrected chi connectivity index (χ1v) is 7.32. The van der Waals surface area contributed by atoms with Crippen molar-refractivity contribution in [3.63, 3.8) is 0 Å². The second kappa shape index (κ2) is 8.36. The van der Waals surface area contributed by atoms with Gasteiger partial charge in [-0.3, -0.25) is 9.59 Å². The van der Waals surface area contributed by atoms with Gasteiger partial charge in [0.15, 0.2) is 0 Å². The molecule has 4 N–H and O–H groups in total. The van der Waals surface area contributed by atoms with Crippen LogP contribution in [-0.2, 0) is 4.79 Å². The Kier molecular flexibility index (Phi) is 6.81. The summed E-state index contributed by atoms with van der Waals surface area (Å²) in [6.45, 7) is 4.25. The molecule has 0 saturated heterocycles. The van der Waals surface area contributed by atoms with Gasteiger partial charge in [0.1, 0.15) is 4.99 Å². The summed E-state index contributed by atoms with van der Waals surface area (Å²) in [5.74, 6) is -0.283. The SMILES string of the molecule is CCC(C)NC(=O)CCNC(=O)c1ccc(C(N)=S)cc1. The van der Waals surface area contributed by atoms with Gasteiger partial charge >= 0.3 is 0 Å². The standard InChI is InChI=1S/C15H21N3O2S/c1-3-10(2)18-13(19)8-9-17-15(20)12-6-4-11(5-7-12)14(16)21/h4-7,10H,3,8-9H2,1-2H3,(H2,16,21)(H,17,20)(H,18,19). The monoisotopic (exact) mass is 307 g/mol. The maximum atomic E-state index is 11.9. The number of rotatable bonds is 7. The molecule has 1 atom stereocenters. The minimum absolute atomic E-state index is 0.0616. The van der Waals surface area contributed by atoms with E-state index in [-0.39, 0.29) is 24.3 Å². The van der Waals surface area contributed by atoms with Gasteiger partial charge in [-0.05, 0) is 25.5 Å². The molecule has 5 nitrogen and oxygen atoms in total. The normalized spacial score (nSPS) is 11.5. The molecule has 1 aromatic carbocycles. The summed E-state index contributed by atoms with van der Waals surface area (Å²) >= 11 is 4.85. The lowest BCUT2D eigenvalue weighted by Gasteiger charge is -2.11. The lowest BCUT2D eigenvalue weighted by molar-refractivity contribution is -0.121. The average Bonchev–Trinajstić information content (AvgIpc) is 2.46. The number of hydrogen-bond acceptors (Lipinski definition) is 3. The van der Waals surface area contributed by atoms with E-state index >= 15 is 0 Å². The Labute approximate surface area is 130 Å². The molecule has 1 rings (SSSR count). The number of carbonyl (C=O) groups is 2. The van der Waals surface area contributed by atoms with Crippen molar-refractivity contribution in [1.29, 1.82) is 0 Å². The predicted octanol–water partition coefficient (Wildman–Crippen LogP) is 1.36. The molecule has 21 heavy (non-hydrogen) atoms. The molecular weight excluding hydrogens is 286 g/mol. The summed E-state index contributed by atoms with van der Waals surface area (Å²) in [4.78, 5) is 23.7. The van der Waals surface area contributed by atoms with E-state index in [0.29, 0.717) is 17.1 Å². The van der Waals surface area contributed by atoms with Gasteiger partial charge in [-0.2, -0.15) is 0 Å². The second-order valence-corrected chi connectivity index (χ2v) is 5.26. The lowest BCUT2D eigenvalue weighted by atomic mass is 10.1. The molecule has 0 spiro atoms. The first kappa shape index (κ1) is 17.1. The van der Waals surface area contributed by atoms with Crippen molar-refractivity contribution in [2.45, 2.75) is 32.7 Å². The van der Waals surface area contributed by atoms with Crippen LogP contribution in [0.15, 0.2) is 24.3 Å². The third kappa shape index (κ3) is 5.91. The molecule has 2 amide bonds. The summed E-state index contributed by atoms with van der Waals surface area (Å²) in [6.07, 6.45) is 1.15. The van der Waals surface area contributed by atoms with Crippen LogP contribution in [0.3, 0.4) is 0 Å². The van der Waals surface area contributed by atoms with Crippen molar-refractivity contribution in [3.05, 3.63) is 35.4 Å². The summed E-state index contributed by atoms with van der Waals surface area (Å²) in [6, 6.07) is 6.87. The van der Waals surface area contributed by atoms with Crippen LogP contribution in [0.5, 0.6) is 0 Å². The van der Waals surface area contributed by atoms with Crippen LogP contribution >= 0.6 is 12.2 Å². The maximum absolute atomic E-state index is 11.9. The zero-order valence-electron chi connectivity index (χ0n) is 12.3. The van der Waals surface area contributed by atoms with Gasteiger partial charge in [0, 0.05) is 30.1 Å². The fourth-order valence-electron chi connectivity index (χ4n) is 1.63. The summed E-state index contributed by atoms with van der Waals surface area (Å²) < 4.78 is 0. The van der Waals surface area contributed by atoms with Gasteiger partial charge in [0.05, 0.1) is 0 Å². The van der Waals surface area contributed by atoms with Gasteiger partial charge in [-0.1, -0.05) is 31.3 Å². The van der Waals surface area contributed by atoms with Crippen LogP contribution in [0.2, 0.25) is 0 Å². The molecule has 0 aliphatic rings. The zero-order valence-corrected chi connectivity index (χ0v) is 13.1. The quantitative estimate of drug-likeness (QED) is 0.664. The Hall–Kier alpha value is -1.95. The first-order valence-electron chi connectivity index (χ1n) is 6.91. The molecular formula is C15H21N3O2S. The number of hydrogen-bond donors (Lipinski definition) is 3. The smallest absolute Gasteiger partial charge is 0.251 e. The maximum Gasteiger partial charge on any atom is 0.251 e. The third-order valence-corrected chi connectivity index (χ3v) is 3.32. The second-order valence-electron chi connectivity index (χ2n) is 4.82. The van der Waals surface area contributed by atoms with E-state index in [1.54, 1.807) is 24.3 Å². The van der Waals surface area contributed by atoms with Crippen molar-refractivity contribution in [1.82, 2.24) is 10.6 Å². The highest BCUT2D eigenvalue weighted by atomic mass is 32.1. The van der Waals surface area contributed by atoms with Crippen molar-refractivity contribution in [2.75, 3.05) is 6.54 Å². The Morgan fingerprint density at radius 2 is 1.81 bits per heavy atom. The molecule has 0 bridgehead atoms. The minimum Gasteiger partial charge on any atom is -0.389 e. The molecule has 6 heteroatoms. The number of nitrogens with two attached hydrogens (primary N) is 1. The largest absolute Gasteiger partial charge is 0.389 e. The molecule has 0 aliphatic carbocycles. The van der Waals surface area contributed by atoms with Gasteiger partial charge in [0.2, 0.25) is 5.91 Å². The number of nitrogens with one attached hydrogen (secondary N) is 2. The van der Waals surface area contributed by atoms with Crippen LogP contribution in [0.1, 0.15) is 42.6 Å². The Morgan fingerprint density at radius 1 is 1.24 bits per heavy atom. The number of carbonyl (C=O) groups excluding carboxylic acids is 2. The molecule has 0 fully saturated rings. The molecule has 0 heterocycles. The molecule has 1 aromatic rings. The van der Waals surface area contributed by atoms with E-state index < -0.39 is 0 Å². The van der Waals surface area contributed by atoms with Gasteiger partial charge in [-0.15, -0.1) is 0 Å². The first-order chi connectivity index (χ1) is 9.93. The lowest BCUT2D eigenvalue weighted by Crippen LogP contribution is -2.35. The fraction of sp³-hybridized carbons (Fsp3) is 0.400. The van der Waals surface area contributed by atoms with Crippen molar-refractivity contribution < 1.29 is 9.59 Å². The number of amides is 2. The molecule has 114 valence electrons. The van der Waals surface area contributed by atoms with Crippen LogP contribution in [0, 0.1) is 0 Å². The fourth-order valence-corrected chi connectivity index (χ4v) is 1.76. The minimum atomic E-state index is -0.221. The highest BCUT2D eigenvalue weighted by molar-refractivity contribution is 7.80. The number of thiocarbonyl (C=S) groups is 1. The topological polar surface area (TPSA) is 84.2 Å². The highest BCUT2D eigenvalue weighted by Gasteiger charge is 2.08. The van der Waals surface area contributed by atoms with Crippen LogP contribution < -0.4 is 16.4 Å². The third-order valence-electron chi connectivity index (χ3n) is 3.09. The van der Waals surface area contributed by atoms with Gasteiger partial charge in [0.25, 0.3) is 5.91 Å². The van der Waals surface area contributed by atoms with Crippen LogP contribution in [0.4, 0.5) is 0 Å². The van der Waals surface area contributed by atoms with E-state index in [2.05, 4.69) is 10.6 Å². The molecule has 0 aromatic heterocycles. The summed E-state index contributed by atoms with van der Waals surface area (Å²) in [7, 11) is 0. The average molecular weight is 307 g/mol. The van der Waals surface area contributed by atoms with E-state index in [9.17, 15) is 9.59 Å². The molecule has 0 aliphatic heterocycles. The molecule has 1 unspecified atom stereocenters. The van der Waals surface area contributed by atoms with Crippen LogP contribution in [-0.4, -0.2) is 29.4 Å². The predicted molar refractivity (Wildman–Crippen MR) is 87.2 cm³/mol. The Balaban J connectivity index is 2.40. The van der Waals surface area contributed by atoms with Crippen LogP contribution in [0.25, 0.3) is 0 Å². The highest BCUT2D eigenvalue weighted by Crippen LogP contribution is 2.04. The van der Waals surface area contributed by atoms with E-state index in [4.69, 9.17) is 18.0 Å². The van der Waals surface area contributed by atoms with Crippen molar-refractivity contribution in [3.8, 4) is 0 Å². The van der Waals surface area contributed by atoms with Crippen molar-refractivity contribution >= 4 is 29.0 Å².